The smallest absolute Gasteiger partial charge is 0.222 e. The van der Waals surface area contributed by atoms with Crippen LogP contribution in [0.5, 0.6) is 5.75 Å². The Morgan fingerprint density at radius 2 is 2.27 bits per heavy atom. The molecule has 2 N–H and O–H groups in total. The molecule has 22 heavy (non-hydrogen) atoms. The van der Waals surface area contributed by atoms with Crippen molar-refractivity contribution < 1.29 is 19.1 Å². The number of phenols is 1. The summed E-state index contributed by atoms with van der Waals surface area (Å²) in [5.41, 5.74) is 0.596. The lowest BCUT2D eigenvalue weighted by Gasteiger charge is -2.17. The summed E-state index contributed by atoms with van der Waals surface area (Å²) in [4.78, 5) is 25.1. The van der Waals surface area contributed by atoms with Crippen molar-refractivity contribution in [1.29, 1.82) is 0 Å². The number of nitrogens with one attached hydrogen (secondary N) is 1. The van der Waals surface area contributed by atoms with Crippen LogP contribution >= 0.6 is 0 Å². The van der Waals surface area contributed by atoms with Gasteiger partial charge in [-0.05, 0) is 37.5 Å². The molecule has 0 spiro atoms. The third-order valence-electron chi connectivity index (χ3n) is 3.85. The summed E-state index contributed by atoms with van der Waals surface area (Å²) in [7, 11) is 0. The van der Waals surface area contributed by atoms with Crippen molar-refractivity contribution in [2.45, 2.75) is 38.6 Å². The minimum atomic E-state index is -0.703. The first kappa shape index (κ1) is 16.3. The SMILES string of the molecule is C[C@@H](NC(=O)CCCN1CCCC1=O)c1ccc(O)c(F)c1. The number of benzene rings is 1. The van der Waals surface area contributed by atoms with Crippen LogP contribution < -0.4 is 5.32 Å². The first-order valence-electron chi connectivity index (χ1n) is 7.53. The molecule has 1 aromatic rings. The van der Waals surface area contributed by atoms with Gasteiger partial charge in [0.1, 0.15) is 0 Å². The lowest BCUT2D eigenvalue weighted by molar-refractivity contribution is -0.128. The van der Waals surface area contributed by atoms with Gasteiger partial charge in [-0.25, -0.2) is 4.39 Å². The molecule has 6 heteroatoms. The van der Waals surface area contributed by atoms with Crippen molar-refractivity contribution in [3.63, 3.8) is 0 Å². The van der Waals surface area contributed by atoms with E-state index in [4.69, 9.17) is 5.11 Å². The summed E-state index contributed by atoms with van der Waals surface area (Å²) >= 11 is 0. The molecule has 0 aliphatic carbocycles. The minimum Gasteiger partial charge on any atom is -0.505 e. The van der Waals surface area contributed by atoms with Gasteiger partial charge in [0.2, 0.25) is 11.8 Å². The average molecular weight is 308 g/mol. The zero-order valence-electron chi connectivity index (χ0n) is 12.6. The highest BCUT2D eigenvalue weighted by Crippen LogP contribution is 2.20. The molecule has 0 radical (unpaired) electrons. The van der Waals surface area contributed by atoms with E-state index in [1.807, 2.05) is 0 Å². The molecule has 5 nitrogen and oxygen atoms in total. The molecular weight excluding hydrogens is 287 g/mol. The average Bonchev–Trinajstić information content (AvgIpc) is 2.87. The summed E-state index contributed by atoms with van der Waals surface area (Å²) in [5, 5.41) is 11.9. The molecule has 0 aromatic heterocycles. The number of hydrogen-bond donors (Lipinski definition) is 2. The summed E-state index contributed by atoms with van der Waals surface area (Å²) in [6.45, 7) is 3.14. The Morgan fingerprint density at radius 3 is 2.91 bits per heavy atom. The molecule has 2 amide bonds. The van der Waals surface area contributed by atoms with Crippen LogP contribution in [-0.2, 0) is 9.59 Å². The molecule has 1 atom stereocenters. The lowest BCUT2D eigenvalue weighted by Crippen LogP contribution is -2.29. The van der Waals surface area contributed by atoms with Crippen LogP contribution in [0.25, 0.3) is 0 Å². The van der Waals surface area contributed by atoms with E-state index in [1.54, 1.807) is 17.9 Å². The number of rotatable bonds is 6. The maximum Gasteiger partial charge on any atom is 0.222 e. The number of amides is 2. The highest BCUT2D eigenvalue weighted by molar-refractivity contribution is 5.78. The third-order valence-corrected chi connectivity index (χ3v) is 3.85. The fourth-order valence-corrected chi connectivity index (χ4v) is 2.56. The number of carbonyl (C=O) groups is 2. The molecule has 2 rings (SSSR count). The maximum atomic E-state index is 13.3. The molecule has 120 valence electrons. The highest BCUT2D eigenvalue weighted by atomic mass is 19.1. The van der Waals surface area contributed by atoms with Crippen molar-refractivity contribution in [2.75, 3.05) is 13.1 Å². The number of carbonyl (C=O) groups excluding carboxylic acids is 2. The molecule has 0 unspecified atom stereocenters. The molecule has 0 saturated carbocycles. The van der Waals surface area contributed by atoms with Crippen LogP contribution in [0.2, 0.25) is 0 Å². The van der Waals surface area contributed by atoms with E-state index in [9.17, 15) is 14.0 Å². The van der Waals surface area contributed by atoms with Gasteiger partial charge in [-0.3, -0.25) is 9.59 Å². The van der Waals surface area contributed by atoms with Gasteiger partial charge >= 0.3 is 0 Å². The van der Waals surface area contributed by atoms with Crippen molar-refractivity contribution in [3.8, 4) is 5.75 Å². The fraction of sp³-hybridized carbons (Fsp3) is 0.500. The molecular formula is C16H21FN2O3. The zero-order chi connectivity index (χ0) is 16.1. The van der Waals surface area contributed by atoms with E-state index in [2.05, 4.69) is 5.32 Å². The maximum absolute atomic E-state index is 13.3. The summed E-state index contributed by atoms with van der Waals surface area (Å²) in [5.74, 6) is -1.08. The highest BCUT2D eigenvalue weighted by Gasteiger charge is 2.19. The number of aromatic hydroxyl groups is 1. The summed E-state index contributed by atoms with van der Waals surface area (Å²) in [6.07, 6.45) is 2.45. The Bertz CT molecular complexity index is 562. The normalized spacial score (nSPS) is 15.9. The first-order valence-corrected chi connectivity index (χ1v) is 7.53. The van der Waals surface area contributed by atoms with Crippen molar-refractivity contribution >= 4 is 11.8 Å². The van der Waals surface area contributed by atoms with Gasteiger partial charge in [0.05, 0.1) is 6.04 Å². The first-order chi connectivity index (χ1) is 10.5. The van der Waals surface area contributed by atoms with Crippen LogP contribution in [0.4, 0.5) is 4.39 Å². The number of hydrogen-bond acceptors (Lipinski definition) is 3. The second-order valence-electron chi connectivity index (χ2n) is 5.59. The molecule has 0 bridgehead atoms. The quantitative estimate of drug-likeness (QED) is 0.845. The Hall–Kier alpha value is -2.11. The lowest BCUT2D eigenvalue weighted by atomic mass is 10.1. The molecule has 1 aromatic carbocycles. The second kappa shape index (κ2) is 7.24. The molecule has 1 saturated heterocycles. The topological polar surface area (TPSA) is 69.6 Å². The predicted molar refractivity (Wildman–Crippen MR) is 79.7 cm³/mol. The van der Waals surface area contributed by atoms with E-state index in [1.165, 1.54) is 12.1 Å². The zero-order valence-corrected chi connectivity index (χ0v) is 12.6. The summed E-state index contributed by atoms with van der Waals surface area (Å²) in [6, 6.07) is 3.72. The number of halogens is 1. The molecule has 1 aliphatic rings. The largest absolute Gasteiger partial charge is 0.505 e. The van der Waals surface area contributed by atoms with Crippen LogP contribution in [0.1, 0.15) is 44.2 Å². The van der Waals surface area contributed by atoms with Crippen LogP contribution in [-0.4, -0.2) is 34.9 Å². The van der Waals surface area contributed by atoms with Gasteiger partial charge in [-0.15, -0.1) is 0 Å². The van der Waals surface area contributed by atoms with Gasteiger partial charge in [0.15, 0.2) is 11.6 Å². The molecule has 1 aliphatic heterocycles. The van der Waals surface area contributed by atoms with Gasteiger partial charge < -0.3 is 15.3 Å². The van der Waals surface area contributed by atoms with Crippen LogP contribution in [0.3, 0.4) is 0 Å². The monoisotopic (exact) mass is 308 g/mol. The fourth-order valence-electron chi connectivity index (χ4n) is 2.56. The Kier molecular flexibility index (Phi) is 5.35. The standard InChI is InChI=1S/C16H21FN2O3/c1-11(12-6-7-14(20)13(17)10-12)18-15(21)4-2-8-19-9-3-5-16(19)22/h6-7,10-11,20H,2-5,8-9H2,1H3,(H,18,21)/t11-/m1/s1. The number of nitrogens with zero attached hydrogens (tertiary/aromatic N) is 1. The Labute approximate surface area is 129 Å². The number of phenolic OH excluding ortho intramolecular Hbond substituents is 1. The van der Waals surface area contributed by atoms with Gasteiger partial charge in [-0.1, -0.05) is 6.07 Å². The summed E-state index contributed by atoms with van der Waals surface area (Å²) < 4.78 is 13.3. The van der Waals surface area contributed by atoms with Crippen LogP contribution in [0, 0.1) is 5.82 Å². The van der Waals surface area contributed by atoms with Gasteiger partial charge in [0, 0.05) is 25.9 Å². The minimum absolute atomic E-state index is 0.132. The van der Waals surface area contributed by atoms with Crippen LogP contribution in [0.15, 0.2) is 18.2 Å². The Morgan fingerprint density at radius 1 is 1.50 bits per heavy atom. The van der Waals surface area contributed by atoms with Crippen molar-refractivity contribution in [2.24, 2.45) is 0 Å². The van der Waals surface area contributed by atoms with E-state index in [0.717, 1.165) is 13.0 Å². The third kappa shape index (κ3) is 4.19. The van der Waals surface area contributed by atoms with Crippen molar-refractivity contribution in [1.82, 2.24) is 10.2 Å². The van der Waals surface area contributed by atoms with E-state index < -0.39 is 11.6 Å². The second-order valence-corrected chi connectivity index (χ2v) is 5.59. The Balaban J connectivity index is 1.76. The molecule has 1 heterocycles. The van der Waals surface area contributed by atoms with Gasteiger partial charge in [0.25, 0.3) is 0 Å². The predicted octanol–water partition coefficient (Wildman–Crippen LogP) is 2.11. The molecule has 1 fully saturated rings. The van der Waals surface area contributed by atoms with E-state index in [0.29, 0.717) is 31.4 Å². The van der Waals surface area contributed by atoms with Gasteiger partial charge in [-0.2, -0.15) is 0 Å². The number of likely N-dealkylation sites (tertiary alicyclic amines) is 1. The van der Waals surface area contributed by atoms with Crippen molar-refractivity contribution in [3.05, 3.63) is 29.6 Å². The van der Waals surface area contributed by atoms with E-state index in [-0.39, 0.29) is 17.9 Å². The van der Waals surface area contributed by atoms with E-state index >= 15 is 0 Å².